The molecule has 21 heavy (non-hydrogen) atoms. The third kappa shape index (κ3) is 3.24. The Morgan fingerprint density at radius 3 is 2.81 bits per heavy atom. The molecule has 2 aromatic carbocycles. The number of nitrogens with one attached hydrogen (secondary N) is 1. The van der Waals surface area contributed by atoms with E-state index in [0.29, 0.717) is 24.5 Å². The van der Waals surface area contributed by atoms with Gasteiger partial charge in [0.15, 0.2) is 5.96 Å². The van der Waals surface area contributed by atoms with Crippen molar-refractivity contribution in [3.8, 4) is 0 Å². The van der Waals surface area contributed by atoms with Gasteiger partial charge in [-0.05, 0) is 29.7 Å². The van der Waals surface area contributed by atoms with Gasteiger partial charge in [-0.25, -0.2) is 4.99 Å². The molecular weight excluding hydrogens is 258 g/mol. The molecule has 108 valence electrons. The predicted molar refractivity (Wildman–Crippen MR) is 89.5 cm³/mol. The molecular formula is C18H21N3. The summed E-state index contributed by atoms with van der Waals surface area (Å²) in [6, 6.07) is 15.5. The molecule has 0 bridgehead atoms. The molecule has 1 fully saturated rings. The number of nitrogens with zero attached hydrogens (tertiary/aromatic N) is 1. The zero-order valence-electron chi connectivity index (χ0n) is 12.3. The first-order valence-corrected chi connectivity index (χ1v) is 7.33. The second-order valence-electron chi connectivity index (χ2n) is 5.86. The van der Waals surface area contributed by atoms with Gasteiger partial charge in [0.25, 0.3) is 0 Å². The SMILES string of the molecule is C=C(C)CN=C(N)N[C@@H]1C[C@H]1c1ccc2ccccc2c1. The van der Waals surface area contributed by atoms with Gasteiger partial charge < -0.3 is 11.1 Å². The van der Waals surface area contributed by atoms with Crippen LogP contribution in [0.3, 0.4) is 0 Å². The van der Waals surface area contributed by atoms with Crippen molar-refractivity contribution >= 4 is 16.7 Å². The van der Waals surface area contributed by atoms with E-state index in [1.807, 2.05) is 6.92 Å². The van der Waals surface area contributed by atoms with E-state index in [1.165, 1.54) is 16.3 Å². The van der Waals surface area contributed by atoms with Crippen LogP contribution in [0, 0.1) is 0 Å². The van der Waals surface area contributed by atoms with Crippen molar-refractivity contribution < 1.29 is 0 Å². The molecule has 3 heteroatoms. The minimum Gasteiger partial charge on any atom is -0.370 e. The maximum atomic E-state index is 5.89. The van der Waals surface area contributed by atoms with Crippen molar-refractivity contribution in [3.63, 3.8) is 0 Å². The summed E-state index contributed by atoms with van der Waals surface area (Å²) in [5.74, 6) is 1.06. The van der Waals surface area contributed by atoms with Gasteiger partial charge in [-0.15, -0.1) is 0 Å². The van der Waals surface area contributed by atoms with Gasteiger partial charge in [0, 0.05) is 12.0 Å². The smallest absolute Gasteiger partial charge is 0.189 e. The number of aliphatic imine (C=N–C) groups is 1. The van der Waals surface area contributed by atoms with Crippen LogP contribution < -0.4 is 11.1 Å². The number of fused-ring (bicyclic) bond motifs is 1. The third-order valence-corrected chi connectivity index (χ3v) is 3.84. The van der Waals surface area contributed by atoms with Crippen LogP contribution in [0.2, 0.25) is 0 Å². The van der Waals surface area contributed by atoms with Gasteiger partial charge in [0.05, 0.1) is 6.54 Å². The van der Waals surface area contributed by atoms with Crippen molar-refractivity contribution in [1.29, 1.82) is 0 Å². The first kappa shape index (κ1) is 13.7. The zero-order chi connectivity index (χ0) is 14.8. The molecule has 1 saturated carbocycles. The number of nitrogens with two attached hydrogens (primary N) is 1. The molecule has 0 amide bonds. The summed E-state index contributed by atoms with van der Waals surface area (Å²) < 4.78 is 0. The molecule has 2 atom stereocenters. The van der Waals surface area contributed by atoms with E-state index < -0.39 is 0 Å². The Balaban J connectivity index is 1.66. The molecule has 1 aliphatic rings. The summed E-state index contributed by atoms with van der Waals surface area (Å²) in [6.45, 7) is 6.36. The highest BCUT2D eigenvalue weighted by Gasteiger charge is 2.38. The number of benzene rings is 2. The van der Waals surface area contributed by atoms with Gasteiger partial charge in [-0.2, -0.15) is 0 Å². The van der Waals surface area contributed by atoms with Gasteiger partial charge in [-0.3, -0.25) is 0 Å². The second kappa shape index (κ2) is 5.60. The quantitative estimate of drug-likeness (QED) is 0.513. The molecule has 0 unspecified atom stereocenters. The summed E-state index contributed by atoms with van der Waals surface area (Å²) in [6.07, 6.45) is 1.11. The lowest BCUT2D eigenvalue weighted by Gasteiger charge is -2.06. The molecule has 0 aromatic heterocycles. The molecule has 0 saturated heterocycles. The number of rotatable bonds is 4. The van der Waals surface area contributed by atoms with Crippen LogP contribution in [0.4, 0.5) is 0 Å². The van der Waals surface area contributed by atoms with E-state index in [1.54, 1.807) is 0 Å². The minimum atomic E-state index is 0.403. The Morgan fingerprint density at radius 1 is 1.29 bits per heavy atom. The number of hydrogen-bond donors (Lipinski definition) is 2. The fourth-order valence-corrected chi connectivity index (χ4v) is 2.62. The number of guanidine groups is 1. The highest BCUT2D eigenvalue weighted by Crippen LogP contribution is 2.41. The fourth-order valence-electron chi connectivity index (χ4n) is 2.62. The van der Waals surface area contributed by atoms with Crippen molar-refractivity contribution in [2.75, 3.05) is 6.54 Å². The Hall–Kier alpha value is -2.29. The fraction of sp³-hybridized carbons (Fsp3) is 0.278. The Morgan fingerprint density at radius 2 is 2.05 bits per heavy atom. The van der Waals surface area contributed by atoms with Gasteiger partial charge in [-0.1, -0.05) is 54.6 Å². The summed E-state index contributed by atoms with van der Waals surface area (Å²) in [4.78, 5) is 4.27. The van der Waals surface area contributed by atoms with Crippen LogP contribution in [-0.2, 0) is 0 Å². The predicted octanol–water partition coefficient (Wildman–Crippen LogP) is 3.18. The molecule has 0 heterocycles. The summed E-state index contributed by atoms with van der Waals surface area (Å²) >= 11 is 0. The van der Waals surface area contributed by atoms with E-state index in [2.05, 4.69) is 59.4 Å². The molecule has 0 radical (unpaired) electrons. The van der Waals surface area contributed by atoms with E-state index in [4.69, 9.17) is 5.73 Å². The van der Waals surface area contributed by atoms with E-state index in [9.17, 15) is 0 Å². The third-order valence-electron chi connectivity index (χ3n) is 3.84. The molecule has 2 aromatic rings. The van der Waals surface area contributed by atoms with E-state index in [-0.39, 0.29) is 0 Å². The highest BCUT2D eigenvalue weighted by molar-refractivity contribution is 5.83. The van der Waals surface area contributed by atoms with E-state index in [0.717, 1.165) is 12.0 Å². The Labute approximate surface area is 125 Å². The van der Waals surface area contributed by atoms with Crippen LogP contribution in [0.15, 0.2) is 59.6 Å². The maximum absolute atomic E-state index is 5.89. The topological polar surface area (TPSA) is 50.4 Å². The first-order chi connectivity index (χ1) is 10.1. The van der Waals surface area contributed by atoms with Gasteiger partial charge in [0.1, 0.15) is 0 Å². The van der Waals surface area contributed by atoms with Crippen LogP contribution >= 0.6 is 0 Å². The van der Waals surface area contributed by atoms with Crippen LogP contribution in [0.25, 0.3) is 10.8 Å². The van der Waals surface area contributed by atoms with Gasteiger partial charge >= 0.3 is 0 Å². The van der Waals surface area contributed by atoms with E-state index >= 15 is 0 Å². The van der Waals surface area contributed by atoms with Crippen LogP contribution in [0.1, 0.15) is 24.8 Å². The average Bonchev–Trinajstić information content (AvgIpc) is 3.24. The van der Waals surface area contributed by atoms with Crippen molar-refractivity contribution in [2.24, 2.45) is 10.7 Å². The monoisotopic (exact) mass is 279 g/mol. The largest absolute Gasteiger partial charge is 0.370 e. The van der Waals surface area contributed by atoms with Crippen LogP contribution in [0.5, 0.6) is 0 Å². The average molecular weight is 279 g/mol. The molecule has 0 aliphatic heterocycles. The minimum absolute atomic E-state index is 0.403. The Kier molecular flexibility index (Phi) is 3.65. The second-order valence-corrected chi connectivity index (χ2v) is 5.86. The van der Waals surface area contributed by atoms with Crippen molar-refractivity contribution in [3.05, 3.63) is 60.2 Å². The molecule has 3 nitrogen and oxygen atoms in total. The summed E-state index contributed by atoms with van der Waals surface area (Å²) in [7, 11) is 0. The molecule has 3 N–H and O–H groups in total. The zero-order valence-corrected chi connectivity index (χ0v) is 12.3. The number of hydrogen-bond acceptors (Lipinski definition) is 1. The lowest BCUT2D eigenvalue weighted by molar-refractivity contribution is 0.853. The normalized spacial score (nSPS) is 21.3. The Bertz CT molecular complexity index is 702. The standard InChI is InChI=1S/C18H21N3/c1-12(2)11-20-18(19)21-17-10-16(17)15-8-7-13-5-3-4-6-14(13)9-15/h3-9,16-17H,1,10-11H2,2H3,(H3,19,20,21)/t16-,17+/m0/s1. The first-order valence-electron chi connectivity index (χ1n) is 7.33. The lowest BCUT2D eigenvalue weighted by Crippen LogP contribution is -2.34. The molecule has 3 rings (SSSR count). The van der Waals surface area contributed by atoms with Crippen molar-refractivity contribution in [1.82, 2.24) is 5.32 Å². The van der Waals surface area contributed by atoms with Gasteiger partial charge in [0.2, 0.25) is 0 Å². The summed E-state index contributed by atoms with van der Waals surface area (Å²) in [5, 5.41) is 5.87. The molecule has 1 aliphatic carbocycles. The highest BCUT2D eigenvalue weighted by atomic mass is 15.1. The van der Waals surface area contributed by atoms with Crippen LogP contribution in [-0.4, -0.2) is 18.5 Å². The van der Waals surface area contributed by atoms with Crippen molar-refractivity contribution in [2.45, 2.75) is 25.3 Å². The molecule has 0 spiro atoms. The maximum Gasteiger partial charge on any atom is 0.189 e. The lowest BCUT2D eigenvalue weighted by atomic mass is 10.0. The summed E-state index contributed by atoms with van der Waals surface area (Å²) in [5.41, 5.74) is 8.28.